The second kappa shape index (κ2) is 8.69. The highest BCUT2D eigenvalue weighted by molar-refractivity contribution is 6.03. The van der Waals surface area contributed by atoms with Crippen molar-refractivity contribution >= 4 is 11.6 Å². The first-order valence-electron chi connectivity index (χ1n) is 10.0. The van der Waals surface area contributed by atoms with Gasteiger partial charge in [0.2, 0.25) is 11.8 Å². The Labute approximate surface area is 183 Å². The smallest absolute Gasteiger partial charge is 0.277 e. The van der Waals surface area contributed by atoms with Gasteiger partial charge in [0.1, 0.15) is 0 Å². The number of aromatic nitrogens is 3. The highest BCUT2D eigenvalue weighted by Gasteiger charge is 2.14. The maximum Gasteiger partial charge on any atom is 0.277 e. The molecule has 5 rings (SSSR count). The van der Waals surface area contributed by atoms with Gasteiger partial charge in [-0.1, -0.05) is 65.8 Å². The number of nitrogens with zero attached hydrogens (tertiary/aromatic N) is 3. The van der Waals surface area contributed by atoms with Crippen LogP contribution in [0.5, 0.6) is 0 Å². The zero-order valence-electron chi connectivity index (χ0n) is 16.9. The predicted octanol–water partition coefficient (Wildman–Crippen LogP) is 5.23. The van der Waals surface area contributed by atoms with Crippen molar-refractivity contribution in [3.8, 4) is 22.8 Å². The van der Waals surface area contributed by atoms with Gasteiger partial charge in [0.05, 0.1) is 6.42 Å². The number of carbonyl (C=O) groups is 1. The van der Waals surface area contributed by atoms with Crippen molar-refractivity contribution in [1.29, 1.82) is 0 Å². The fraction of sp³-hybridized carbons (Fsp3) is 0.0400. The third-order valence-corrected chi connectivity index (χ3v) is 4.86. The Morgan fingerprint density at radius 3 is 2.22 bits per heavy atom. The fourth-order valence-electron chi connectivity index (χ4n) is 3.22. The van der Waals surface area contributed by atoms with E-state index in [1.807, 2.05) is 84.9 Å². The molecule has 2 heterocycles. The Kier molecular flexibility index (Phi) is 5.28. The monoisotopic (exact) mass is 422 g/mol. The Bertz CT molecular complexity index is 1330. The normalized spacial score (nSPS) is 10.8. The van der Waals surface area contributed by atoms with Gasteiger partial charge in [0.25, 0.3) is 5.91 Å². The highest BCUT2D eigenvalue weighted by Crippen LogP contribution is 2.21. The molecule has 0 spiro atoms. The van der Waals surface area contributed by atoms with Crippen LogP contribution in [0, 0.1) is 0 Å². The minimum absolute atomic E-state index is 0.215. The van der Waals surface area contributed by atoms with Crippen LogP contribution in [0.25, 0.3) is 22.8 Å². The molecule has 1 amide bonds. The molecule has 7 nitrogen and oxygen atoms in total. The van der Waals surface area contributed by atoms with Gasteiger partial charge in [-0.3, -0.25) is 4.79 Å². The molecule has 0 unspecified atom stereocenters. The average molecular weight is 422 g/mol. The van der Waals surface area contributed by atoms with Crippen LogP contribution in [0.15, 0.2) is 99.9 Å². The molecule has 5 aromatic rings. The van der Waals surface area contributed by atoms with Crippen molar-refractivity contribution in [3.63, 3.8) is 0 Å². The van der Waals surface area contributed by atoms with Gasteiger partial charge in [0, 0.05) is 22.9 Å². The molecule has 0 saturated heterocycles. The van der Waals surface area contributed by atoms with E-state index in [4.69, 9.17) is 8.94 Å². The maximum absolute atomic E-state index is 12.5. The summed E-state index contributed by atoms with van der Waals surface area (Å²) in [5, 5.41) is 14.9. The van der Waals surface area contributed by atoms with Crippen molar-refractivity contribution in [2.24, 2.45) is 0 Å². The summed E-state index contributed by atoms with van der Waals surface area (Å²) in [4.78, 5) is 12.5. The lowest BCUT2D eigenvalue weighted by atomic mass is 10.1. The predicted molar refractivity (Wildman–Crippen MR) is 119 cm³/mol. The van der Waals surface area contributed by atoms with Crippen molar-refractivity contribution in [1.82, 2.24) is 15.4 Å². The average Bonchev–Trinajstić information content (AvgIpc) is 3.52. The van der Waals surface area contributed by atoms with Crippen molar-refractivity contribution < 1.29 is 13.7 Å². The SMILES string of the molecule is O=C(Nc1ccc(Cc2nnc(-c3ccccc3)o2)cc1)c1cc(-c2ccccc2)on1. The number of amides is 1. The van der Waals surface area contributed by atoms with Crippen LogP contribution in [0.2, 0.25) is 0 Å². The lowest BCUT2D eigenvalue weighted by Crippen LogP contribution is -2.12. The van der Waals surface area contributed by atoms with Gasteiger partial charge >= 0.3 is 0 Å². The van der Waals surface area contributed by atoms with E-state index in [1.54, 1.807) is 6.07 Å². The molecule has 7 heteroatoms. The number of carbonyl (C=O) groups excluding carboxylic acids is 1. The molecule has 3 aromatic carbocycles. The standard InChI is InChI=1S/C25H18N4O3/c30-24(21-16-22(32-29-21)18-7-3-1-4-8-18)26-20-13-11-17(12-14-20)15-23-27-28-25(31-23)19-9-5-2-6-10-19/h1-14,16H,15H2,(H,26,30). The molecule has 32 heavy (non-hydrogen) atoms. The summed E-state index contributed by atoms with van der Waals surface area (Å²) in [6.45, 7) is 0. The van der Waals surface area contributed by atoms with E-state index in [-0.39, 0.29) is 11.6 Å². The quantitative estimate of drug-likeness (QED) is 0.402. The summed E-state index contributed by atoms with van der Waals surface area (Å²) < 4.78 is 11.0. The van der Waals surface area contributed by atoms with Crippen molar-refractivity contribution in [2.45, 2.75) is 6.42 Å². The lowest BCUT2D eigenvalue weighted by Gasteiger charge is -2.04. The molecule has 0 aliphatic heterocycles. The minimum atomic E-state index is -0.340. The number of rotatable bonds is 6. The zero-order valence-corrected chi connectivity index (χ0v) is 16.9. The van der Waals surface area contributed by atoms with Crippen LogP contribution >= 0.6 is 0 Å². The van der Waals surface area contributed by atoms with Crippen LogP contribution in [-0.4, -0.2) is 21.3 Å². The molecule has 1 N–H and O–H groups in total. The minimum Gasteiger partial charge on any atom is -0.420 e. The number of benzene rings is 3. The number of hydrogen-bond acceptors (Lipinski definition) is 6. The summed E-state index contributed by atoms with van der Waals surface area (Å²) in [6, 6.07) is 28.2. The second-order valence-electron chi connectivity index (χ2n) is 7.14. The largest absolute Gasteiger partial charge is 0.420 e. The van der Waals surface area contributed by atoms with Crippen LogP contribution in [0.4, 0.5) is 5.69 Å². The van der Waals surface area contributed by atoms with Gasteiger partial charge in [0.15, 0.2) is 11.5 Å². The second-order valence-corrected chi connectivity index (χ2v) is 7.14. The number of nitrogens with one attached hydrogen (secondary N) is 1. The molecule has 0 aliphatic rings. The lowest BCUT2D eigenvalue weighted by molar-refractivity contribution is 0.101. The van der Waals surface area contributed by atoms with E-state index >= 15 is 0 Å². The van der Waals surface area contributed by atoms with Gasteiger partial charge in [-0.2, -0.15) is 0 Å². The van der Waals surface area contributed by atoms with Gasteiger partial charge in [-0.15, -0.1) is 10.2 Å². The molecular weight excluding hydrogens is 404 g/mol. The summed E-state index contributed by atoms with van der Waals surface area (Å²) in [7, 11) is 0. The van der Waals surface area contributed by atoms with Gasteiger partial charge in [-0.25, -0.2) is 0 Å². The van der Waals surface area contributed by atoms with E-state index in [0.29, 0.717) is 29.6 Å². The molecule has 0 bridgehead atoms. The molecule has 0 aliphatic carbocycles. The first-order valence-corrected chi connectivity index (χ1v) is 10.0. The summed E-state index contributed by atoms with van der Waals surface area (Å²) in [5.41, 5.74) is 3.59. The molecule has 0 atom stereocenters. The highest BCUT2D eigenvalue weighted by atomic mass is 16.5. The van der Waals surface area contributed by atoms with Gasteiger partial charge in [-0.05, 0) is 29.8 Å². The third kappa shape index (κ3) is 4.32. The van der Waals surface area contributed by atoms with E-state index in [1.165, 1.54) is 0 Å². The number of anilines is 1. The molecular formula is C25H18N4O3. The van der Waals surface area contributed by atoms with Crippen LogP contribution in [0.1, 0.15) is 21.9 Å². The third-order valence-electron chi connectivity index (χ3n) is 4.86. The molecule has 0 radical (unpaired) electrons. The van der Waals surface area contributed by atoms with E-state index < -0.39 is 0 Å². The summed E-state index contributed by atoms with van der Waals surface area (Å²) in [6.07, 6.45) is 0.498. The Balaban J connectivity index is 1.22. The topological polar surface area (TPSA) is 94.1 Å². The Morgan fingerprint density at radius 2 is 1.50 bits per heavy atom. The summed E-state index contributed by atoms with van der Waals surface area (Å²) in [5.74, 6) is 1.22. The van der Waals surface area contributed by atoms with E-state index in [2.05, 4.69) is 20.7 Å². The first kappa shape index (κ1) is 19.4. The summed E-state index contributed by atoms with van der Waals surface area (Å²) >= 11 is 0. The molecule has 156 valence electrons. The molecule has 0 fully saturated rings. The maximum atomic E-state index is 12.5. The first-order chi connectivity index (χ1) is 15.7. The van der Waals surface area contributed by atoms with Crippen LogP contribution < -0.4 is 5.32 Å². The molecule has 0 saturated carbocycles. The van der Waals surface area contributed by atoms with Gasteiger partial charge < -0.3 is 14.3 Å². The Morgan fingerprint density at radius 1 is 0.812 bits per heavy atom. The zero-order chi connectivity index (χ0) is 21.8. The van der Waals surface area contributed by atoms with Crippen LogP contribution in [-0.2, 0) is 6.42 Å². The number of hydrogen-bond donors (Lipinski definition) is 1. The fourth-order valence-corrected chi connectivity index (χ4v) is 3.22. The van der Waals surface area contributed by atoms with E-state index in [9.17, 15) is 4.79 Å². The Hall–Kier alpha value is -4.52. The van der Waals surface area contributed by atoms with Crippen molar-refractivity contribution in [2.75, 3.05) is 5.32 Å². The van der Waals surface area contributed by atoms with E-state index in [0.717, 1.165) is 16.7 Å². The molecule has 2 aromatic heterocycles. The van der Waals surface area contributed by atoms with Crippen molar-refractivity contribution in [3.05, 3.63) is 108 Å². The van der Waals surface area contributed by atoms with Crippen LogP contribution in [0.3, 0.4) is 0 Å².